The van der Waals surface area contributed by atoms with Crippen LogP contribution in [0.3, 0.4) is 0 Å². The molecule has 8 nitrogen and oxygen atoms in total. The molecule has 0 spiro atoms. The molecule has 4 rings (SSSR count). The fourth-order valence-corrected chi connectivity index (χ4v) is 4.42. The van der Waals surface area contributed by atoms with Gasteiger partial charge in [-0.1, -0.05) is 87.0 Å². The third kappa shape index (κ3) is 7.89. The number of para-hydroxylation sites is 3. The van der Waals surface area contributed by atoms with E-state index in [1.54, 1.807) is 22.9 Å². The van der Waals surface area contributed by atoms with Gasteiger partial charge in [-0.15, -0.1) is 0 Å². The number of benzene rings is 3. The summed E-state index contributed by atoms with van der Waals surface area (Å²) in [6.07, 6.45) is 0.584. The van der Waals surface area contributed by atoms with E-state index in [9.17, 15) is 9.59 Å². The Morgan fingerprint density at radius 1 is 0.951 bits per heavy atom. The van der Waals surface area contributed by atoms with Crippen molar-refractivity contribution in [1.82, 2.24) is 14.7 Å². The average Bonchev–Trinajstić information content (AvgIpc) is 3.37. The number of anilines is 2. The van der Waals surface area contributed by atoms with Crippen LogP contribution in [0.5, 0.6) is 5.75 Å². The lowest BCUT2D eigenvalue weighted by molar-refractivity contribution is -0.116. The van der Waals surface area contributed by atoms with Gasteiger partial charge in [0.05, 0.1) is 28.7 Å². The fraction of sp³-hybridized carbons (Fsp3) is 0.281. The van der Waals surface area contributed by atoms with E-state index in [1.807, 2.05) is 94.4 Å². The van der Waals surface area contributed by atoms with Crippen LogP contribution in [0.1, 0.15) is 39.0 Å². The van der Waals surface area contributed by atoms with Gasteiger partial charge in [0.15, 0.2) is 0 Å². The molecule has 4 aromatic rings. The average molecular weight is 574 g/mol. The number of nitrogens with one attached hydrogen (secondary N) is 2. The van der Waals surface area contributed by atoms with Gasteiger partial charge in [0.25, 0.3) is 0 Å². The number of amides is 3. The molecule has 0 radical (unpaired) electrons. The van der Waals surface area contributed by atoms with E-state index >= 15 is 0 Å². The molecule has 3 aromatic carbocycles. The first-order valence-corrected chi connectivity index (χ1v) is 14.0. The Bertz CT molecular complexity index is 1480. The van der Waals surface area contributed by atoms with Crippen molar-refractivity contribution in [2.45, 2.75) is 39.5 Å². The molecule has 0 aliphatic carbocycles. The number of hydrogen-bond donors (Lipinski definition) is 2. The zero-order chi connectivity index (χ0) is 29.4. The minimum absolute atomic E-state index is 0.173. The van der Waals surface area contributed by atoms with Crippen LogP contribution in [0.2, 0.25) is 5.02 Å². The molecule has 41 heavy (non-hydrogen) atoms. The number of aromatic nitrogens is 2. The number of nitrogens with zero attached hydrogens (tertiary/aromatic N) is 3. The SMILES string of the molecule is CCOc1ccccc1NC(=O)N(CCc1ccccc1)CC(=O)Nc1cc(C(C)(C)C)nn1-c1ccccc1Cl. The van der Waals surface area contributed by atoms with Gasteiger partial charge in [0.1, 0.15) is 18.1 Å². The van der Waals surface area contributed by atoms with Crippen molar-refractivity contribution in [2.75, 3.05) is 30.3 Å². The highest BCUT2D eigenvalue weighted by Gasteiger charge is 2.24. The normalized spacial score (nSPS) is 11.1. The van der Waals surface area contributed by atoms with Crippen molar-refractivity contribution in [3.05, 3.63) is 101 Å². The molecule has 0 saturated carbocycles. The highest BCUT2D eigenvalue weighted by atomic mass is 35.5. The predicted molar refractivity (Wildman–Crippen MR) is 164 cm³/mol. The van der Waals surface area contributed by atoms with E-state index in [0.29, 0.717) is 47.5 Å². The third-order valence-electron chi connectivity index (χ3n) is 6.39. The second kappa shape index (κ2) is 13.4. The van der Waals surface area contributed by atoms with Crippen LogP contribution in [0, 0.1) is 0 Å². The summed E-state index contributed by atoms with van der Waals surface area (Å²) in [5.74, 6) is 0.673. The maximum atomic E-state index is 13.5. The molecule has 1 heterocycles. The molecule has 3 amide bonds. The summed E-state index contributed by atoms with van der Waals surface area (Å²) in [7, 11) is 0. The fourth-order valence-electron chi connectivity index (χ4n) is 4.21. The number of halogens is 1. The molecule has 0 saturated heterocycles. The monoisotopic (exact) mass is 573 g/mol. The summed E-state index contributed by atoms with van der Waals surface area (Å²) in [5.41, 5.74) is 2.77. The van der Waals surface area contributed by atoms with Gasteiger partial charge in [-0.05, 0) is 43.2 Å². The first kappa shape index (κ1) is 29.7. The largest absolute Gasteiger partial charge is 0.492 e. The van der Waals surface area contributed by atoms with Crippen molar-refractivity contribution in [2.24, 2.45) is 0 Å². The number of hydrogen-bond acceptors (Lipinski definition) is 4. The van der Waals surface area contributed by atoms with Gasteiger partial charge in [0, 0.05) is 18.0 Å². The third-order valence-corrected chi connectivity index (χ3v) is 6.71. The molecule has 0 bridgehead atoms. The molecule has 0 aliphatic rings. The van der Waals surface area contributed by atoms with Crippen molar-refractivity contribution < 1.29 is 14.3 Å². The van der Waals surface area contributed by atoms with Crippen molar-refractivity contribution in [3.63, 3.8) is 0 Å². The van der Waals surface area contributed by atoms with Crippen molar-refractivity contribution in [3.8, 4) is 11.4 Å². The quantitative estimate of drug-likeness (QED) is 0.215. The molecule has 0 aliphatic heterocycles. The second-order valence-electron chi connectivity index (χ2n) is 10.6. The number of carbonyl (C=O) groups is 2. The Morgan fingerprint density at radius 3 is 2.34 bits per heavy atom. The molecule has 0 fully saturated rings. The molecule has 214 valence electrons. The van der Waals surface area contributed by atoms with Gasteiger partial charge < -0.3 is 20.3 Å². The van der Waals surface area contributed by atoms with E-state index in [4.69, 9.17) is 21.4 Å². The molecule has 0 unspecified atom stereocenters. The van der Waals surface area contributed by atoms with E-state index < -0.39 is 6.03 Å². The number of urea groups is 1. The molecule has 2 N–H and O–H groups in total. The number of rotatable bonds is 10. The highest BCUT2D eigenvalue weighted by Crippen LogP contribution is 2.29. The van der Waals surface area contributed by atoms with Gasteiger partial charge >= 0.3 is 6.03 Å². The van der Waals surface area contributed by atoms with Crippen LogP contribution in [0.15, 0.2) is 84.9 Å². The van der Waals surface area contributed by atoms with Crippen LogP contribution in [0.25, 0.3) is 5.69 Å². The Kier molecular flexibility index (Phi) is 9.68. The van der Waals surface area contributed by atoms with E-state index in [0.717, 1.165) is 11.3 Å². The minimum Gasteiger partial charge on any atom is -0.492 e. The van der Waals surface area contributed by atoms with E-state index in [2.05, 4.69) is 10.6 Å². The zero-order valence-corrected chi connectivity index (χ0v) is 24.6. The predicted octanol–water partition coefficient (Wildman–Crippen LogP) is 6.94. The number of ether oxygens (including phenoxy) is 1. The molecular weight excluding hydrogens is 538 g/mol. The van der Waals surface area contributed by atoms with Crippen LogP contribution in [-0.4, -0.2) is 46.3 Å². The first-order chi connectivity index (χ1) is 19.7. The lowest BCUT2D eigenvalue weighted by Gasteiger charge is -2.23. The van der Waals surface area contributed by atoms with E-state index in [1.165, 1.54) is 4.90 Å². The molecule has 0 atom stereocenters. The van der Waals surface area contributed by atoms with Gasteiger partial charge in [-0.2, -0.15) is 5.10 Å². The lowest BCUT2D eigenvalue weighted by atomic mass is 9.92. The Morgan fingerprint density at radius 2 is 1.63 bits per heavy atom. The molecule has 1 aromatic heterocycles. The smallest absolute Gasteiger partial charge is 0.322 e. The zero-order valence-electron chi connectivity index (χ0n) is 23.9. The van der Waals surface area contributed by atoms with E-state index in [-0.39, 0.29) is 17.9 Å². The number of carbonyl (C=O) groups excluding carboxylic acids is 2. The topological polar surface area (TPSA) is 88.5 Å². The summed E-state index contributed by atoms with van der Waals surface area (Å²) in [6.45, 7) is 8.65. The maximum absolute atomic E-state index is 13.5. The van der Waals surface area contributed by atoms with Gasteiger partial charge in [-0.3, -0.25) is 4.79 Å². The standard InChI is InChI=1S/C32H36ClN5O3/c1-5-41-27-18-12-10-16-25(27)34-31(40)37(20-19-23-13-7-6-8-14-23)22-30(39)35-29-21-28(32(2,3)4)36-38(29)26-17-11-9-15-24(26)33/h6-18,21H,5,19-20,22H2,1-4H3,(H,34,40)(H,35,39). The van der Waals surface area contributed by atoms with Crippen LogP contribution < -0.4 is 15.4 Å². The second-order valence-corrected chi connectivity index (χ2v) is 11.0. The summed E-state index contributed by atoms with van der Waals surface area (Å²) in [6, 6.07) is 25.8. The Hall–Kier alpha value is -4.30. The lowest BCUT2D eigenvalue weighted by Crippen LogP contribution is -2.42. The first-order valence-electron chi connectivity index (χ1n) is 13.6. The minimum atomic E-state index is -0.404. The van der Waals surface area contributed by atoms with Crippen LogP contribution >= 0.6 is 11.6 Å². The Labute approximate surface area is 246 Å². The van der Waals surface area contributed by atoms with Gasteiger partial charge in [0.2, 0.25) is 5.91 Å². The summed E-state index contributed by atoms with van der Waals surface area (Å²) >= 11 is 6.48. The maximum Gasteiger partial charge on any atom is 0.322 e. The molecule has 9 heteroatoms. The summed E-state index contributed by atoms with van der Waals surface area (Å²) in [4.78, 5) is 28.4. The highest BCUT2D eigenvalue weighted by molar-refractivity contribution is 6.32. The van der Waals surface area contributed by atoms with Crippen molar-refractivity contribution in [1.29, 1.82) is 0 Å². The Balaban J connectivity index is 1.57. The summed E-state index contributed by atoms with van der Waals surface area (Å²) < 4.78 is 7.30. The summed E-state index contributed by atoms with van der Waals surface area (Å²) in [5, 5.41) is 11.1. The van der Waals surface area contributed by atoms with Crippen LogP contribution in [0.4, 0.5) is 16.3 Å². The molecular formula is C32H36ClN5O3. The van der Waals surface area contributed by atoms with Crippen molar-refractivity contribution >= 4 is 35.0 Å². The van der Waals surface area contributed by atoms with Crippen LogP contribution in [-0.2, 0) is 16.6 Å². The van der Waals surface area contributed by atoms with Gasteiger partial charge in [-0.25, -0.2) is 9.48 Å².